The normalized spacial score (nSPS) is 13.6. The molecule has 2 N–H and O–H groups in total. The molecule has 0 saturated carbocycles. The molecule has 47 heavy (non-hydrogen) atoms. The minimum atomic E-state index is -0.339. The van der Waals surface area contributed by atoms with E-state index in [9.17, 15) is 9.59 Å². The van der Waals surface area contributed by atoms with Gasteiger partial charge in [-0.25, -0.2) is 9.48 Å². The van der Waals surface area contributed by atoms with Gasteiger partial charge in [0.1, 0.15) is 28.6 Å². The zero-order valence-corrected chi connectivity index (χ0v) is 28.3. The number of urea groups is 1. The van der Waals surface area contributed by atoms with Crippen molar-refractivity contribution in [1.29, 1.82) is 0 Å². The highest BCUT2D eigenvalue weighted by atomic mass is 16.5. The van der Waals surface area contributed by atoms with E-state index in [1.165, 1.54) is 14.2 Å². The Labute approximate surface area is 277 Å². The maximum atomic E-state index is 13.6. The molecule has 1 aromatic heterocycles. The number of benzene rings is 3. The highest BCUT2D eigenvalue weighted by Crippen LogP contribution is 2.36. The number of carbonyl (C=O) groups excluding carboxylic acids is 2. The molecule has 1 fully saturated rings. The minimum absolute atomic E-state index is 0.127. The molecule has 4 aromatic rings. The molecule has 0 spiro atoms. The topological polar surface area (TPSA) is 107 Å². The number of nitrogens with zero attached hydrogens (tertiary/aromatic N) is 3. The fourth-order valence-corrected chi connectivity index (χ4v) is 5.84. The van der Waals surface area contributed by atoms with Crippen LogP contribution in [0.15, 0.2) is 66.7 Å². The Morgan fingerprint density at radius 2 is 1.51 bits per heavy atom. The fraction of sp³-hybridized carbons (Fsp3) is 0.378. The number of aryl methyl sites for hydroxylation is 1. The molecule has 10 nitrogen and oxygen atoms in total. The number of methoxy groups -OCH3 is 3. The number of aromatic nitrogens is 2. The van der Waals surface area contributed by atoms with E-state index < -0.39 is 0 Å². The minimum Gasteiger partial charge on any atom is -0.496 e. The molecule has 2 heterocycles. The van der Waals surface area contributed by atoms with Crippen LogP contribution in [-0.4, -0.2) is 61.0 Å². The van der Waals surface area contributed by atoms with E-state index in [2.05, 4.69) is 37.5 Å². The summed E-state index contributed by atoms with van der Waals surface area (Å²) in [5, 5.41) is 10.9. The summed E-state index contributed by atoms with van der Waals surface area (Å²) in [5.41, 5.74) is 4.91. The predicted molar refractivity (Wildman–Crippen MR) is 185 cm³/mol. The maximum Gasteiger partial charge on any atom is 0.324 e. The quantitative estimate of drug-likeness (QED) is 0.200. The summed E-state index contributed by atoms with van der Waals surface area (Å²) in [6, 6.07) is 20.9. The fourth-order valence-electron chi connectivity index (χ4n) is 5.84. The zero-order chi connectivity index (χ0) is 33.7. The number of ether oxygens (including phenoxy) is 3. The molecule has 0 radical (unpaired) electrons. The number of likely N-dealkylation sites (tertiary alicyclic amines) is 1. The molecule has 5 rings (SSSR count). The molecule has 1 aliphatic rings. The predicted octanol–water partition coefficient (Wildman–Crippen LogP) is 7.24. The number of amides is 3. The lowest BCUT2D eigenvalue weighted by Gasteiger charge is -2.33. The summed E-state index contributed by atoms with van der Waals surface area (Å²) < 4.78 is 18.2. The van der Waals surface area contributed by atoms with Crippen LogP contribution in [0.1, 0.15) is 60.8 Å². The first-order valence-electron chi connectivity index (χ1n) is 15.9. The van der Waals surface area contributed by atoms with Gasteiger partial charge < -0.3 is 24.4 Å². The molecule has 3 amide bonds. The Kier molecular flexibility index (Phi) is 10.1. The highest BCUT2D eigenvalue weighted by Gasteiger charge is 2.29. The summed E-state index contributed by atoms with van der Waals surface area (Å²) in [6.07, 6.45) is 2.44. The number of hydrogen-bond donors (Lipinski definition) is 2. The van der Waals surface area contributed by atoms with Gasteiger partial charge >= 0.3 is 6.03 Å². The summed E-state index contributed by atoms with van der Waals surface area (Å²) >= 11 is 0. The summed E-state index contributed by atoms with van der Waals surface area (Å²) in [4.78, 5) is 28.8. The van der Waals surface area contributed by atoms with Crippen molar-refractivity contribution < 1.29 is 23.8 Å². The molecule has 0 unspecified atom stereocenters. The van der Waals surface area contributed by atoms with Crippen LogP contribution in [0.5, 0.6) is 17.2 Å². The van der Waals surface area contributed by atoms with E-state index >= 15 is 0 Å². The van der Waals surface area contributed by atoms with E-state index in [4.69, 9.17) is 19.3 Å². The van der Waals surface area contributed by atoms with Crippen molar-refractivity contribution in [3.63, 3.8) is 0 Å². The van der Waals surface area contributed by atoms with E-state index in [-0.39, 0.29) is 17.4 Å². The van der Waals surface area contributed by atoms with Crippen LogP contribution in [-0.2, 0) is 11.8 Å². The van der Waals surface area contributed by atoms with Crippen molar-refractivity contribution in [2.45, 2.75) is 52.4 Å². The second-order valence-electron chi connectivity index (χ2n) is 13.0. The van der Waals surface area contributed by atoms with E-state index in [0.717, 1.165) is 47.5 Å². The molecule has 10 heteroatoms. The molecule has 0 bridgehead atoms. The van der Waals surface area contributed by atoms with Gasteiger partial charge in [0.25, 0.3) is 5.91 Å². The van der Waals surface area contributed by atoms with Gasteiger partial charge in [-0.15, -0.1) is 0 Å². The number of carbonyl (C=O) groups is 2. The van der Waals surface area contributed by atoms with Gasteiger partial charge in [-0.1, -0.05) is 56.7 Å². The largest absolute Gasteiger partial charge is 0.496 e. The average molecular weight is 640 g/mol. The SMILES string of the molecule is COc1cc(OC)c(C(=O)N2CCC(Cc3ccccc3NC(=O)Nc3cc(C(C)(C)C)nn3-c3ccc(C)cc3)CC2)c(OC)c1. The Hall–Kier alpha value is -4.99. The summed E-state index contributed by atoms with van der Waals surface area (Å²) in [5.74, 6) is 2.21. The monoisotopic (exact) mass is 639 g/mol. The van der Waals surface area contributed by atoms with Crippen LogP contribution in [0.3, 0.4) is 0 Å². The van der Waals surface area contributed by atoms with E-state index in [1.807, 2.05) is 60.4 Å². The van der Waals surface area contributed by atoms with Crippen LogP contribution >= 0.6 is 0 Å². The number of para-hydroxylation sites is 1. The molecule has 0 atom stereocenters. The second-order valence-corrected chi connectivity index (χ2v) is 13.0. The Morgan fingerprint density at radius 1 is 0.872 bits per heavy atom. The standard InChI is InChI=1S/C37H45N5O5/c1-24-12-14-27(15-13-24)42-33(23-32(40-42)37(2,3)4)39-36(44)38-29-11-9-8-10-26(29)20-25-16-18-41(19-17-25)35(43)34-30(46-6)21-28(45-5)22-31(34)47-7/h8-15,21-23,25H,16-20H2,1-7H3,(H2,38,39,44). The van der Waals surface area contributed by atoms with Gasteiger partial charge in [0.15, 0.2) is 0 Å². The second kappa shape index (κ2) is 14.2. The van der Waals surface area contributed by atoms with Gasteiger partial charge in [0, 0.05) is 42.4 Å². The first kappa shape index (κ1) is 33.4. The first-order valence-corrected chi connectivity index (χ1v) is 15.9. The number of rotatable bonds is 9. The number of nitrogens with one attached hydrogen (secondary N) is 2. The van der Waals surface area contributed by atoms with E-state index in [0.29, 0.717) is 47.6 Å². The van der Waals surface area contributed by atoms with Gasteiger partial charge in [0.2, 0.25) is 0 Å². The lowest BCUT2D eigenvalue weighted by atomic mass is 9.89. The third-order valence-electron chi connectivity index (χ3n) is 8.60. The van der Waals surface area contributed by atoms with Gasteiger partial charge in [0.05, 0.1) is 32.7 Å². The molecular weight excluding hydrogens is 594 g/mol. The van der Waals surface area contributed by atoms with Crippen molar-refractivity contribution >= 4 is 23.4 Å². The summed E-state index contributed by atoms with van der Waals surface area (Å²) in [6.45, 7) is 9.55. The average Bonchev–Trinajstić information content (AvgIpc) is 3.49. The van der Waals surface area contributed by atoms with Crippen LogP contribution in [0.2, 0.25) is 0 Å². The number of piperidine rings is 1. The Morgan fingerprint density at radius 3 is 2.11 bits per heavy atom. The van der Waals surface area contributed by atoms with Crippen LogP contribution in [0.25, 0.3) is 5.69 Å². The van der Waals surface area contributed by atoms with Crippen LogP contribution in [0.4, 0.5) is 16.3 Å². The van der Waals surface area contributed by atoms with Crippen molar-refractivity contribution in [2.75, 3.05) is 45.1 Å². The van der Waals surface area contributed by atoms with Gasteiger partial charge in [-0.2, -0.15) is 5.10 Å². The van der Waals surface area contributed by atoms with Gasteiger partial charge in [-0.05, 0) is 55.9 Å². The van der Waals surface area contributed by atoms with E-state index in [1.54, 1.807) is 23.9 Å². The number of hydrogen-bond acceptors (Lipinski definition) is 6. The maximum absolute atomic E-state index is 13.6. The van der Waals surface area contributed by atoms with Crippen molar-refractivity contribution in [3.8, 4) is 22.9 Å². The smallest absolute Gasteiger partial charge is 0.324 e. The highest BCUT2D eigenvalue weighted by molar-refractivity contribution is 6.00. The zero-order valence-electron chi connectivity index (χ0n) is 28.3. The van der Waals surface area contributed by atoms with Crippen molar-refractivity contribution in [2.24, 2.45) is 5.92 Å². The van der Waals surface area contributed by atoms with Gasteiger partial charge in [-0.3, -0.25) is 10.1 Å². The molecular formula is C37H45N5O5. The third-order valence-corrected chi connectivity index (χ3v) is 8.60. The van der Waals surface area contributed by atoms with Crippen molar-refractivity contribution in [1.82, 2.24) is 14.7 Å². The molecule has 248 valence electrons. The first-order chi connectivity index (χ1) is 22.5. The Balaban J connectivity index is 1.25. The molecule has 0 aliphatic carbocycles. The molecule has 1 saturated heterocycles. The number of anilines is 2. The third kappa shape index (κ3) is 7.70. The lowest BCUT2D eigenvalue weighted by molar-refractivity contribution is 0.0683. The lowest BCUT2D eigenvalue weighted by Crippen LogP contribution is -2.39. The molecule has 3 aromatic carbocycles. The summed E-state index contributed by atoms with van der Waals surface area (Å²) in [7, 11) is 4.63. The van der Waals surface area contributed by atoms with Crippen LogP contribution < -0.4 is 24.8 Å². The molecule has 1 aliphatic heterocycles. The Bertz CT molecular complexity index is 1690. The van der Waals surface area contributed by atoms with Crippen molar-refractivity contribution in [3.05, 3.63) is 89.1 Å². The van der Waals surface area contributed by atoms with Crippen LogP contribution in [0, 0.1) is 12.8 Å².